The highest BCUT2D eigenvalue weighted by Crippen LogP contribution is 2.12. The van der Waals surface area contributed by atoms with Gasteiger partial charge in [0.25, 0.3) is 0 Å². The van der Waals surface area contributed by atoms with Crippen LogP contribution in [-0.4, -0.2) is 9.97 Å². The van der Waals surface area contributed by atoms with Crippen molar-refractivity contribution in [2.75, 3.05) is 5.73 Å². The average molecular weight is 216 g/mol. The van der Waals surface area contributed by atoms with Crippen molar-refractivity contribution in [3.8, 4) is 0 Å². The second-order valence-electron chi connectivity index (χ2n) is 3.78. The maximum absolute atomic E-state index is 5.86. The number of hydrogen-bond acceptors (Lipinski definition) is 3. The Morgan fingerprint density at radius 2 is 2.25 bits per heavy atom. The van der Waals surface area contributed by atoms with E-state index in [9.17, 15) is 0 Å². The summed E-state index contributed by atoms with van der Waals surface area (Å²) in [7, 11) is 0. The molecular weight excluding hydrogens is 200 g/mol. The smallest absolute Gasteiger partial charge is 0.122 e. The molecule has 0 saturated carbocycles. The molecule has 16 heavy (non-hydrogen) atoms. The van der Waals surface area contributed by atoms with Crippen molar-refractivity contribution >= 4 is 5.69 Å². The van der Waals surface area contributed by atoms with Crippen LogP contribution in [0.2, 0.25) is 0 Å². The lowest BCUT2D eigenvalue weighted by molar-refractivity contribution is 0.551. The number of benzene rings is 1. The summed E-state index contributed by atoms with van der Waals surface area (Å²) in [5, 5.41) is 3.37. The molecular formula is C12H16N4. The molecule has 1 unspecified atom stereocenters. The molecule has 0 aliphatic heterocycles. The van der Waals surface area contributed by atoms with Gasteiger partial charge in [-0.05, 0) is 18.6 Å². The third kappa shape index (κ3) is 2.41. The number of nitrogen functional groups attached to an aromatic ring is 1. The number of hydrogen-bond donors (Lipinski definition) is 3. The normalized spacial score (nSPS) is 12.6. The van der Waals surface area contributed by atoms with Crippen LogP contribution in [0, 0.1) is 0 Å². The van der Waals surface area contributed by atoms with Gasteiger partial charge in [0.05, 0.1) is 6.04 Å². The van der Waals surface area contributed by atoms with E-state index in [2.05, 4.69) is 22.2 Å². The molecule has 4 nitrogen and oxygen atoms in total. The monoisotopic (exact) mass is 216 g/mol. The molecule has 0 fully saturated rings. The van der Waals surface area contributed by atoms with Gasteiger partial charge in [-0.15, -0.1) is 0 Å². The van der Waals surface area contributed by atoms with E-state index in [0.717, 1.165) is 23.6 Å². The third-order valence-electron chi connectivity index (χ3n) is 2.58. The SMILES string of the molecule is CC(NCc1ccccc1N)c1ncc[nH]1. The van der Waals surface area contributed by atoms with E-state index in [1.54, 1.807) is 6.20 Å². The minimum Gasteiger partial charge on any atom is -0.398 e. The topological polar surface area (TPSA) is 66.7 Å². The first kappa shape index (κ1) is 10.7. The zero-order valence-electron chi connectivity index (χ0n) is 9.27. The van der Waals surface area contributed by atoms with E-state index in [-0.39, 0.29) is 6.04 Å². The van der Waals surface area contributed by atoms with Crippen LogP contribution in [0.15, 0.2) is 36.7 Å². The van der Waals surface area contributed by atoms with Gasteiger partial charge in [0, 0.05) is 24.6 Å². The number of nitrogens with one attached hydrogen (secondary N) is 2. The van der Waals surface area contributed by atoms with Crippen molar-refractivity contribution in [1.29, 1.82) is 0 Å². The minimum absolute atomic E-state index is 0.189. The molecule has 0 amide bonds. The summed E-state index contributed by atoms with van der Waals surface area (Å²) in [5.41, 5.74) is 7.79. The lowest BCUT2D eigenvalue weighted by atomic mass is 10.1. The number of rotatable bonds is 4. The van der Waals surface area contributed by atoms with Gasteiger partial charge in [0.15, 0.2) is 0 Å². The summed E-state index contributed by atoms with van der Waals surface area (Å²) in [6, 6.07) is 8.06. The van der Waals surface area contributed by atoms with Crippen LogP contribution in [0.5, 0.6) is 0 Å². The Morgan fingerprint density at radius 1 is 1.44 bits per heavy atom. The Hall–Kier alpha value is -1.81. The maximum atomic E-state index is 5.86. The van der Waals surface area contributed by atoms with Gasteiger partial charge in [-0.3, -0.25) is 0 Å². The van der Waals surface area contributed by atoms with E-state index >= 15 is 0 Å². The number of aromatic nitrogens is 2. The van der Waals surface area contributed by atoms with Gasteiger partial charge in [-0.2, -0.15) is 0 Å². The summed E-state index contributed by atoms with van der Waals surface area (Å²) in [5.74, 6) is 0.939. The summed E-state index contributed by atoms with van der Waals surface area (Å²) < 4.78 is 0. The first-order valence-electron chi connectivity index (χ1n) is 5.33. The standard InChI is InChI=1S/C12H16N4/c1-9(12-14-6-7-15-12)16-8-10-4-2-3-5-11(10)13/h2-7,9,16H,8,13H2,1H3,(H,14,15). The third-order valence-corrected chi connectivity index (χ3v) is 2.58. The molecule has 1 aromatic heterocycles. The zero-order chi connectivity index (χ0) is 11.4. The quantitative estimate of drug-likeness (QED) is 0.683. The first-order valence-corrected chi connectivity index (χ1v) is 5.33. The fraction of sp³-hybridized carbons (Fsp3) is 0.250. The number of aromatic amines is 1. The Labute approximate surface area is 94.9 Å². The highest BCUT2D eigenvalue weighted by molar-refractivity contribution is 5.46. The lowest BCUT2D eigenvalue weighted by Gasteiger charge is -2.12. The lowest BCUT2D eigenvalue weighted by Crippen LogP contribution is -2.19. The van der Waals surface area contributed by atoms with Gasteiger partial charge in [-0.1, -0.05) is 18.2 Å². The van der Waals surface area contributed by atoms with Crippen LogP contribution < -0.4 is 11.1 Å². The highest BCUT2D eigenvalue weighted by Gasteiger charge is 2.07. The molecule has 0 spiro atoms. The first-order chi connectivity index (χ1) is 7.77. The van der Waals surface area contributed by atoms with Crippen molar-refractivity contribution in [3.63, 3.8) is 0 Å². The zero-order valence-corrected chi connectivity index (χ0v) is 9.27. The van der Waals surface area contributed by atoms with Crippen LogP contribution >= 0.6 is 0 Å². The molecule has 0 saturated heterocycles. The molecule has 4 heteroatoms. The fourth-order valence-electron chi connectivity index (χ4n) is 1.57. The molecule has 1 heterocycles. The van der Waals surface area contributed by atoms with Gasteiger partial charge in [0.2, 0.25) is 0 Å². The number of H-pyrrole nitrogens is 1. The van der Waals surface area contributed by atoms with Crippen LogP contribution in [0.25, 0.3) is 0 Å². The number of nitrogens with two attached hydrogens (primary N) is 1. The van der Waals surface area contributed by atoms with Crippen molar-refractivity contribution < 1.29 is 0 Å². The molecule has 2 aromatic rings. The van der Waals surface area contributed by atoms with E-state index < -0.39 is 0 Å². The molecule has 0 radical (unpaired) electrons. The van der Waals surface area contributed by atoms with E-state index in [4.69, 9.17) is 5.73 Å². The Bertz CT molecular complexity index is 436. The molecule has 4 N–H and O–H groups in total. The van der Waals surface area contributed by atoms with Gasteiger partial charge >= 0.3 is 0 Å². The minimum atomic E-state index is 0.189. The van der Waals surface area contributed by atoms with Crippen LogP contribution in [-0.2, 0) is 6.54 Å². The van der Waals surface area contributed by atoms with Crippen LogP contribution in [0.1, 0.15) is 24.4 Å². The van der Waals surface area contributed by atoms with Gasteiger partial charge < -0.3 is 16.0 Å². The fourth-order valence-corrected chi connectivity index (χ4v) is 1.57. The number of anilines is 1. The van der Waals surface area contributed by atoms with Crippen molar-refractivity contribution in [1.82, 2.24) is 15.3 Å². The van der Waals surface area contributed by atoms with Crippen molar-refractivity contribution in [3.05, 3.63) is 48.0 Å². The van der Waals surface area contributed by atoms with Gasteiger partial charge in [-0.25, -0.2) is 4.98 Å². The second kappa shape index (κ2) is 4.81. The maximum Gasteiger partial charge on any atom is 0.122 e. The highest BCUT2D eigenvalue weighted by atomic mass is 15.0. The van der Waals surface area contributed by atoms with Crippen LogP contribution in [0.3, 0.4) is 0 Å². The summed E-state index contributed by atoms with van der Waals surface area (Å²) in [6.07, 6.45) is 3.58. The molecule has 0 aliphatic carbocycles. The van der Waals surface area contributed by atoms with Crippen LogP contribution in [0.4, 0.5) is 5.69 Å². The van der Waals surface area contributed by atoms with Gasteiger partial charge in [0.1, 0.15) is 5.82 Å². The number of imidazole rings is 1. The van der Waals surface area contributed by atoms with Crippen molar-refractivity contribution in [2.45, 2.75) is 19.5 Å². The molecule has 84 valence electrons. The van der Waals surface area contributed by atoms with E-state index in [0.29, 0.717) is 0 Å². The summed E-state index contributed by atoms with van der Waals surface area (Å²) in [4.78, 5) is 7.28. The molecule has 1 atom stereocenters. The van der Waals surface area contributed by atoms with E-state index in [1.807, 2.05) is 30.5 Å². The number of nitrogens with zero attached hydrogens (tertiary/aromatic N) is 1. The average Bonchev–Trinajstić information content (AvgIpc) is 2.81. The predicted molar refractivity (Wildman–Crippen MR) is 64.7 cm³/mol. The summed E-state index contributed by atoms with van der Waals surface area (Å²) in [6.45, 7) is 2.81. The Kier molecular flexibility index (Phi) is 3.22. The Morgan fingerprint density at radius 3 is 2.94 bits per heavy atom. The summed E-state index contributed by atoms with van der Waals surface area (Å²) >= 11 is 0. The molecule has 1 aromatic carbocycles. The predicted octanol–water partition coefficient (Wildman–Crippen LogP) is 1.84. The largest absolute Gasteiger partial charge is 0.398 e. The Balaban J connectivity index is 1.95. The molecule has 0 bridgehead atoms. The second-order valence-corrected chi connectivity index (χ2v) is 3.78. The van der Waals surface area contributed by atoms with E-state index in [1.165, 1.54) is 0 Å². The van der Waals surface area contributed by atoms with Crippen molar-refractivity contribution in [2.24, 2.45) is 0 Å². The molecule has 0 aliphatic rings. The number of para-hydroxylation sites is 1. The molecule has 2 rings (SSSR count).